The number of aromatic nitrogens is 3. The van der Waals surface area contributed by atoms with Crippen molar-refractivity contribution in [2.24, 2.45) is 18.0 Å². The van der Waals surface area contributed by atoms with Gasteiger partial charge in [0.1, 0.15) is 18.7 Å². The first-order valence-electron chi connectivity index (χ1n) is 9.01. The molecule has 3 rings (SSSR count). The number of hydrogen-bond donors (Lipinski definition) is 2. The Hall–Kier alpha value is -1.36. The van der Waals surface area contributed by atoms with Gasteiger partial charge in [-0.1, -0.05) is 22.0 Å². The van der Waals surface area contributed by atoms with Gasteiger partial charge in [-0.05, 0) is 37.5 Å². The average molecular weight is 548 g/mol. The first kappa shape index (κ1) is 21.9. The molecule has 2 aromatic rings. The Morgan fingerprint density at radius 3 is 2.93 bits per heavy atom. The molecular formula is C18H27BrIN7. The highest BCUT2D eigenvalue weighted by molar-refractivity contribution is 14.0. The third-order valence-corrected chi connectivity index (χ3v) is 5.04. The van der Waals surface area contributed by atoms with Crippen LogP contribution in [0.3, 0.4) is 0 Å². The van der Waals surface area contributed by atoms with E-state index in [0.29, 0.717) is 12.5 Å². The topological polar surface area (TPSA) is 70.4 Å². The van der Waals surface area contributed by atoms with Gasteiger partial charge in [0.2, 0.25) is 0 Å². The van der Waals surface area contributed by atoms with E-state index in [-0.39, 0.29) is 24.0 Å². The van der Waals surface area contributed by atoms with Crippen molar-refractivity contribution < 1.29 is 0 Å². The number of aliphatic imine (C=N–C) groups is 1. The predicted octanol–water partition coefficient (Wildman–Crippen LogP) is 2.78. The minimum absolute atomic E-state index is 0. The monoisotopic (exact) mass is 547 g/mol. The van der Waals surface area contributed by atoms with Gasteiger partial charge in [0.15, 0.2) is 5.96 Å². The van der Waals surface area contributed by atoms with Gasteiger partial charge in [-0.15, -0.1) is 24.0 Å². The van der Waals surface area contributed by atoms with Crippen molar-refractivity contribution in [2.45, 2.75) is 19.9 Å². The van der Waals surface area contributed by atoms with E-state index in [1.165, 1.54) is 12.1 Å². The smallest absolute Gasteiger partial charge is 0.191 e. The third kappa shape index (κ3) is 6.34. The molecule has 0 saturated carbocycles. The summed E-state index contributed by atoms with van der Waals surface area (Å²) in [6, 6.07) is 8.51. The molecule has 148 valence electrons. The Morgan fingerprint density at radius 2 is 2.22 bits per heavy atom. The molecule has 0 spiro atoms. The molecule has 0 amide bonds. The highest BCUT2D eigenvalue weighted by Crippen LogP contribution is 2.25. The molecule has 0 aliphatic carbocycles. The summed E-state index contributed by atoms with van der Waals surface area (Å²) in [6.45, 7) is 6.49. The Morgan fingerprint density at radius 1 is 1.37 bits per heavy atom. The standard InChI is InChI=1S/C18H26BrN7.HI/c1-3-20-18(22-11-17-23-13-24-25(17)2)21-10-14-7-8-26(12-14)16-6-4-5-15(19)9-16;/h4-6,9,13-14H,3,7-8,10-12H2,1-2H3,(H2,20,21,22);1H. The maximum atomic E-state index is 4.62. The fourth-order valence-electron chi connectivity index (χ4n) is 3.10. The second-order valence-corrected chi connectivity index (χ2v) is 7.37. The van der Waals surface area contributed by atoms with Crippen LogP contribution in [0.2, 0.25) is 0 Å². The molecule has 0 bridgehead atoms. The number of guanidine groups is 1. The van der Waals surface area contributed by atoms with E-state index in [9.17, 15) is 0 Å². The lowest BCUT2D eigenvalue weighted by atomic mass is 10.1. The molecule has 1 unspecified atom stereocenters. The van der Waals surface area contributed by atoms with Gasteiger partial charge in [0.05, 0.1) is 0 Å². The van der Waals surface area contributed by atoms with Gasteiger partial charge in [-0.25, -0.2) is 9.98 Å². The number of nitrogens with one attached hydrogen (secondary N) is 2. The van der Waals surface area contributed by atoms with E-state index in [1.54, 1.807) is 11.0 Å². The van der Waals surface area contributed by atoms with Gasteiger partial charge in [0.25, 0.3) is 0 Å². The number of halogens is 2. The fraction of sp³-hybridized carbons (Fsp3) is 0.500. The van der Waals surface area contributed by atoms with E-state index in [1.807, 2.05) is 7.05 Å². The second-order valence-electron chi connectivity index (χ2n) is 6.46. The number of rotatable bonds is 6. The van der Waals surface area contributed by atoms with Crippen molar-refractivity contribution in [1.29, 1.82) is 0 Å². The van der Waals surface area contributed by atoms with Gasteiger partial charge >= 0.3 is 0 Å². The molecular weight excluding hydrogens is 521 g/mol. The van der Waals surface area contributed by atoms with Crippen molar-refractivity contribution in [3.05, 3.63) is 40.9 Å². The Bertz CT molecular complexity index is 749. The number of anilines is 1. The van der Waals surface area contributed by atoms with Crippen LogP contribution < -0.4 is 15.5 Å². The van der Waals surface area contributed by atoms with Crippen molar-refractivity contribution in [2.75, 3.05) is 31.1 Å². The van der Waals surface area contributed by atoms with Crippen molar-refractivity contribution in [1.82, 2.24) is 25.4 Å². The minimum Gasteiger partial charge on any atom is -0.371 e. The van der Waals surface area contributed by atoms with E-state index in [0.717, 1.165) is 42.4 Å². The lowest BCUT2D eigenvalue weighted by molar-refractivity contribution is 0.565. The van der Waals surface area contributed by atoms with Crippen molar-refractivity contribution in [3.63, 3.8) is 0 Å². The molecule has 0 radical (unpaired) electrons. The summed E-state index contributed by atoms with van der Waals surface area (Å²) in [5, 5.41) is 10.9. The Kier molecular flexibility index (Phi) is 8.81. The van der Waals surface area contributed by atoms with Crippen LogP contribution in [0.25, 0.3) is 0 Å². The van der Waals surface area contributed by atoms with E-state index < -0.39 is 0 Å². The third-order valence-electron chi connectivity index (χ3n) is 4.55. The molecule has 2 heterocycles. The summed E-state index contributed by atoms with van der Waals surface area (Å²) < 4.78 is 2.88. The number of benzene rings is 1. The molecule has 1 aromatic heterocycles. The van der Waals surface area contributed by atoms with Crippen LogP contribution in [-0.2, 0) is 13.6 Å². The lowest BCUT2D eigenvalue weighted by Crippen LogP contribution is -2.40. The zero-order chi connectivity index (χ0) is 18.4. The molecule has 1 aliphatic heterocycles. The quantitative estimate of drug-likeness (QED) is 0.330. The van der Waals surface area contributed by atoms with Crippen molar-refractivity contribution >= 4 is 51.6 Å². The Labute approximate surface area is 186 Å². The van der Waals surface area contributed by atoms with Crippen LogP contribution >= 0.6 is 39.9 Å². The predicted molar refractivity (Wildman–Crippen MR) is 124 cm³/mol. The van der Waals surface area contributed by atoms with Crippen LogP contribution in [0, 0.1) is 5.92 Å². The fourth-order valence-corrected chi connectivity index (χ4v) is 3.49. The summed E-state index contributed by atoms with van der Waals surface area (Å²) in [6.07, 6.45) is 2.74. The number of aryl methyl sites for hydroxylation is 1. The van der Waals surface area contributed by atoms with Gasteiger partial charge in [-0.2, -0.15) is 5.10 Å². The minimum atomic E-state index is 0. The normalized spacial score (nSPS) is 16.9. The van der Waals surface area contributed by atoms with Gasteiger partial charge in [-0.3, -0.25) is 4.68 Å². The van der Waals surface area contributed by atoms with E-state index in [2.05, 4.69) is 77.7 Å². The molecule has 1 fully saturated rings. The molecule has 9 heteroatoms. The molecule has 1 atom stereocenters. The zero-order valence-corrected chi connectivity index (χ0v) is 19.6. The van der Waals surface area contributed by atoms with Crippen LogP contribution in [0.1, 0.15) is 19.2 Å². The SMILES string of the molecule is CCNC(=NCc1ncnn1C)NCC1CCN(c2cccc(Br)c2)C1.I. The second kappa shape index (κ2) is 10.8. The van der Waals surface area contributed by atoms with Gasteiger partial charge in [0, 0.05) is 43.4 Å². The van der Waals surface area contributed by atoms with Crippen LogP contribution in [0.4, 0.5) is 5.69 Å². The summed E-state index contributed by atoms with van der Waals surface area (Å²) in [4.78, 5) is 11.3. The van der Waals surface area contributed by atoms with Crippen LogP contribution in [0.5, 0.6) is 0 Å². The van der Waals surface area contributed by atoms with Crippen LogP contribution in [-0.4, -0.2) is 46.9 Å². The summed E-state index contributed by atoms with van der Waals surface area (Å²) in [7, 11) is 1.88. The molecule has 1 aromatic carbocycles. The lowest BCUT2D eigenvalue weighted by Gasteiger charge is -2.19. The molecule has 7 nitrogen and oxygen atoms in total. The summed E-state index contributed by atoms with van der Waals surface area (Å²) >= 11 is 3.56. The highest BCUT2D eigenvalue weighted by atomic mass is 127. The van der Waals surface area contributed by atoms with Crippen molar-refractivity contribution in [3.8, 4) is 0 Å². The maximum Gasteiger partial charge on any atom is 0.191 e. The highest BCUT2D eigenvalue weighted by Gasteiger charge is 2.22. The van der Waals surface area contributed by atoms with E-state index in [4.69, 9.17) is 0 Å². The first-order valence-corrected chi connectivity index (χ1v) is 9.80. The van der Waals surface area contributed by atoms with Crippen LogP contribution in [0.15, 0.2) is 40.1 Å². The largest absolute Gasteiger partial charge is 0.371 e. The Balaban J connectivity index is 0.00000261. The molecule has 1 aliphatic rings. The zero-order valence-electron chi connectivity index (χ0n) is 15.7. The summed E-state index contributed by atoms with van der Waals surface area (Å²) in [5.41, 5.74) is 1.28. The summed E-state index contributed by atoms with van der Waals surface area (Å²) in [5.74, 6) is 2.29. The van der Waals surface area contributed by atoms with Gasteiger partial charge < -0.3 is 15.5 Å². The average Bonchev–Trinajstić information content (AvgIpc) is 3.26. The first-order chi connectivity index (χ1) is 12.7. The molecule has 1 saturated heterocycles. The van der Waals surface area contributed by atoms with E-state index >= 15 is 0 Å². The number of nitrogens with zero attached hydrogens (tertiary/aromatic N) is 5. The molecule has 27 heavy (non-hydrogen) atoms. The maximum absolute atomic E-state index is 4.62. The number of hydrogen-bond acceptors (Lipinski definition) is 4. The molecule has 2 N–H and O–H groups in total.